The molecule has 0 amide bonds. The number of carbonyl (C=O) groups is 1. The van der Waals surface area contributed by atoms with E-state index < -0.39 is 12.7 Å². The van der Waals surface area contributed by atoms with Crippen LogP contribution in [0.5, 0.6) is 0 Å². The van der Waals surface area contributed by atoms with Gasteiger partial charge in [0.25, 0.3) is 0 Å². The van der Waals surface area contributed by atoms with Crippen molar-refractivity contribution >= 4 is 24.1 Å². The highest BCUT2D eigenvalue weighted by Gasteiger charge is 2.57. The third kappa shape index (κ3) is 3.20. The van der Waals surface area contributed by atoms with Gasteiger partial charge in [-0.2, -0.15) is 0 Å². The maximum atomic E-state index is 13.4. The molecule has 5 nitrogen and oxygen atoms in total. The van der Waals surface area contributed by atoms with E-state index >= 15 is 0 Å². The number of carbonyl (C=O) groups excluding carboxylic acids is 1. The summed E-state index contributed by atoms with van der Waals surface area (Å²) in [6, 6.07) is 6.80. The Morgan fingerprint density at radius 1 is 0.906 bits per heavy atom. The Morgan fingerprint density at radius 2 is 1.50 bits per heavy atom. The van der Waals surface area contributed by atoms with E-state index in [1.54, 1.807) is 0 Å². The first-order valence-electron chi connectivity index (χ1n) is 12.4. The fourth-order valence-electron chi connectivity index (χ4n) is 6.43. The Hall–Kier alpha value is -1.37. The quantitative estimate of drug-likeness (QED) is 0.663. The summed E-state index contributed by atoms with van der Waals surface area (Å²) >= 11 is 0. The molecule has 1 saturated carbocycles. The van der Waals surface area contributed by atoms with Gasteiger partial charge in [0.1, 0.15) is 0 Å². The SMILES string of the molecule is CC1(N2c3cc(B4OC(C)(C)C(C)(C)O4)ccc3C(=O)C2(C)C)CC(N2CCCCC2)C1. The summed E-state index contributed by atoms with van der Waals surface area (Å²) in [6.07, 6.45) is 6.24. The summed E-state index contributed by atoms with van der Waals surface area (Å²) in [7, 11) is -0.416. The average Bonchev–Trinajstić information content (AvgIpc) is 3.05. The van der Waals surface area contributed by atoms with Crippen molar-refractivity contribution in [1.29, 1.82) is 0 Å². The number of fused-ring (bicyclic) bond motifs is 1. The van der Waals surface area contributed by atoms with Crippen molar-refractivity contribution in [3.63, 3.8) is 0 Å². The first-order chi connectivity index (χ1) is 14.9. The summed E-state index contributed by atoms with van der Waals surface area (Å²) in [4.78, 5) is 18.5. The number of likely N-dealkylation sites (tertiary alicyclic amines) is 1. The molecule has 0 unspecified atom stereocenters. The molecule has 32 heavy (non-hydrogen) atoms. The lowest BCUT2D eigenvalue weighted by Crippen LogP contribution is -2.67. The fourth-order valence-corrected chi connectivity index (χ4v) is 6.43. The molecular weight excluding hydrogens is 399 g/mol. The van der Waals surface area contributed by atoms with Crippen molar-refractivity contribution in [1.82, 2.24) is 4.90 Å². The van der Waals surface area contributed by atoms with E-state index in [1.165, 1.54) is 32.4 Å². The first-order valence-corrected chi connectivity index (χ1v) is 12.4. The molecular formula is C26H39BN2O3. The Labute approximate surface area is 194 Å². The maximum absolute atomic E-state index is 13.4. The van der Waals surface area contributed by atoms with Crippen LogP contribution in [0.1, 0.15) is 90.9 Å². The average molecular weight is 438 g/mol. The highest BCUT2D eigenvalue weighted by Crippen LogP contribution is 2.51. The molecule has 2 saturated heterocycles. The number of anilines is 1. The molecule has 1 aromatic rings. The highest BCUT2D eigenvalue weighted by molar-refractivity contribution is 6.62. The zero-order valence-corrected chi connectivity index (χ0v) is 21.0. The molecule has 3 fully saturated rings. The van der Waals surface area contributed by atoms with Crippen LogP contribution in [0.15, 0.2) is 18.2 Å². The first kappa shape index (κ1) is 22.4. The molecule has 0 N–H and O–H groups in total. The van der Waals surface area contributed by atoms with Gasteiger partial charge in [-0.3, -0.25) is 4.79 Å². The molecule has 1 aliphatic carbocycles. The Morgan fingerprint density at radius 3 is 2.09 bits per heavy atom. The number of hydrogen-bond acceptors (Lipinski definition) is 5. The van der Waals surface area contributed by atoms with Crippen molar-refractivity contribution in [2.45, 2.75) is 109 Å². The minimum atomic E-state index is -0.543. The lowest BCUT2D eigenvalue weighted by Gasteiger charge is -2.58. The van der Waals surface area contributed by atoms with Gasteiger partial charge in [-0.15, -0.1) is 0 Å². The van der Waals surface area contributed by atoms with Gasteiger partial charge in [0.2, 0.25) is 0 Å². The zero-order valence-electron chi connectivity index (χ0n) is 21.0. The van der Waals surface area contributed by atoms with E-state index in [4.69, 9.17) is 9.31 Å². The number of rotatable bonds is 3. The Balaban J connectivity index is 1.44. The normalized spacial score (nSPS) is 33.3. The molecule has 3 aliphatic heterocycles. The standard InChI is InChI=1S/C26H39BN2O3/c1-23(2)22(30)20-12-11-18(27-31-24(3,4)25(5,6)32-27)15-21(20)29(23)26(7)16-19(17-26)28-13-9-8-10-14-28/h11-12,15,19H,8-10,13-14,16-17H2,1-7H3. The van der Waals surface area contributed by atoms with Gasteiger partial charge in [-0.05, 0) is 105 Å². The lowest BCUT2D eigenvalue weighted by molar-refractivity contribution is 0.00578. The van der Waals surface area contributed by atoms with Crippen LogP contribution < -0.4 is 10.4 Å². The molecule has 0 aromatic heterocycles. The monoisotopic (exact) mass is 438 g/mol. The second-order valence-corrected chi connectivity index (χ2v) is 12.2. The van der Waals surface area contributed by atoms with Crippen LogP contribution in [-0.2, 0) is 9.31 Å². The second kappa shape index (κ2) is 7.07. The second-order valence-electron chi connectivity index (χ2n) is 12.2. The van der Waals surface area contributed by atoms with Crippen LogP contribution >= 0.6 is 0 Å². The van der Waals surface area contributed by atoms with Crippen LogP contribution in [-0.4, -0.2) is 59.2 Å². The van der Waals surface area contributed by atoms with Crippen LogP contribution in [0.3, 0.4) is 0 Å². The van der Waals surface area contributed by atoms with Crippen LogP contribution in [0, 0.1) is 0 Å². The molecule has 4 aliphatic rings. The van der Waals surface area contributed by atoms with E-state index in [-0.39, 0.29) is 22.5 Å². The summed E-state index contributed by atoms with van der Waals surface area (Å²) in [6.45, 7) is 17.3. The number of hydrogen-bond donors (Lipinski definition) is 0. The Kier molecular flexibility index (Phi) is 4.95. The Bertz CT molecular complexity index is 913. The molecule has 0 bridgehead atoms. The van der Waals surface area contributed by atoms with Gasteiger partial charge >= 0.3 is 7.12 Å². The van der Waals surface area contributed by atoms with Crippen LogP contribution in [0.2, 0.25) is 0 Å². The summed E-state index contributed by atoms with van der Waals surface area (Å²) in [5, 5.41) is 0. The molecule has 1 aromatic carbocycles. The largest absolute Gasteiger partial charge is 0.494 e. The van der Waals surface area contributed by atoms with E-state index in [9.17, 15) is 4.79 Å². The van der Waals surface area contributed by atoms with E-state index in [2.05, 4.69) is 64.3 Å². The topological polar surface area (TPSA) is 42.0 Å². The predicted molar refractivity (Wildman–Crippen MR) is 130 cm³/mol. The van der Waals surface area contributed by atoms with Gasteiger partial charge in [-0.1, -0.05) is 12.5 Å². The summed E-state index contributed by atoms with van der Waals surface area (Å²) < 4.78 is 12.6. The van der Waals surface area contributed by atoms with Crippen molar-refractivity contribution in [2.75, 3.05) is 18.0 Å². The summed E-state index contributed by atoms with van der Waals surface area (Å²) in [5.41, 5.74) is 1.55. The third-order valence-corrected chi connectivity index (χ3v) is 8.95. The predicted octanol–water partition coefficient (Wildman–Crippen LogP) is 4.17. The van der Waals surface area contributed by atoms with Gasteiger partial charge < -0.3 is 19.1 Å². The molecule has 174 valence electrons. The molecule has 0 spiro atoms. The maximum Gasteiger partial charge on any atom is 0.494 e. The minimum absolute atomic E-state index is 0.0128. The number of piperidine rings is 1. The van der Waals surface area contributed by atoms with Gasteiger partial charge in [0, 0.05) is 22.8 Å². The minimum Gasteiger partial charge on any atom is -0.399 e. The number of ketones is 1. The van der Waals surface area contributed by atoms with Crippen molar-refractivity contribution in [2.24, 2.45) is 0 Å². The molecule has 5 rings (SSSR count). The van der Waals surface area contributed by atoms with Crippen LogP contribution in [0.25, 0.3) is 0 Å². The van der Waals surface area contributed by atoms with Crippen LogP contribution in [0.4, 0.5) is 5.69 Å². The lowest BCUT2D eigenvalue weighted by atomic mass is 9.70. The fraction of sp³-hybridized carbons (Fsp3) is 0.731. The van der Waals surface area contributed by atoms with Crippen molar-refractivity contribution in [3.8, 4) is 0 Å². The number of nitrogens with zero attached hydrogens (tertiary/aromatic N) is 2. The van der Waals surface area contributed by atoms with Crippen molar-refractivity contribution < 1.29 is 14.1 Å². The molecule has 6 heteroatoms. The molecule has 0 radical (unpaired) electrons. The summed E-state index contributed by atoms with van der Waals surface area (Å²) in [5.74, 6) is 0.218. The van der Waals surface area contributed by atoms with E-state index in [0.717, 1.165) is 29.6 Å². The number of benzene rings is 1. The number of Topliss-reactive ketones (excluding diaryl/α,β-unsaturated/α-hetero) is 1. The van der Waals surface area contributed by atoms with Gasteiger partial charge in [0.15, 0.2) is 5.78 Å². The van der Waals surface area contributed by atoms with Gasteiger partial charge in [-0.25, -0.2) is 0 Å². The highest BCUT2D eigenvalue weighted by atomic mass is 16.7. The third-order valence-electron chi connectivity index (χ3n) is 8.95. The van der Waals surface area contributed by atoms with Gasteiger partial charge in [0.05, 0.1) is 16.7 Å². The smallest absolute Gasteiger partial charge is 0.399 e. The van der Waals surface area contributed by atoms with Crippen molar-refractivity contribution in [3.05, 3.63) is 23.8 Å². The molecule has 3 heterocycles. The molecule has 0 atom stereocenters. The van der Waals surface area contributed by atoms with E-state index in [1.807, 2.05) is 12.1 Å². The zero-order chi connectivity index (χ0) is 23.1. The van der Waals surface area contributed by atoms with E-state index in [0.29, 0.717) is 6.04 Å².